The van der Waals surface area contributed by atoms with Gasteiger partial charge in [-0.15, -0.1) is 29.7 Å². The molecule has 0 spiro atoms. The van der Waals surface area contributed by atoms with Crippen LogP contribution in [0.4, 0.5) is 0 Å². The number of hydrogen-bond donors (Lipinski definition) is 0. The summed E-state index contributed by atoms with van der Waals surface area (Å²) in [5.74, 6) is 2.46. The van der Waals surface area contributed by atoms with Crippen LogP contribution < -0.4 is 9.30 Å². The molecule has 3 aliphatic carbocycles. The number of rotatable bonds is 5. The molecule has 78 heavy (non-hydrogen) atoms. The zero-order valence-electron chi connectivity index (χ0n) is 43.0. The Bertz CT molecular complexity index is 4580. The van der Waals surface area contributed by atoms with E-state index in [2.05, 4.69) is 253 Å². The van der Waals surface area contributed by atoms with E-state index < -0.39 is 0 Å². The van der Waals surface area contributed by atoms with Crippen LogP contribution in [0.2, 0.25) is 0 Å². The molecule has 4 aliphatic rings. The Morgan fingerprint density at radius 3 is 1.86 bits per heavy atom. The van der Waals surface area contributed by atoms with E-state index >= 15 is 0 Å². The first kappa shape index (κ1) is 46.4. The van der Waals surface area contributed by atoms with Gasteiger partial charge in [0.2, 0.25) is 0 Å². The first-order chi connectivity index (χ1) is 37.8. The minimum atomic E-state index is -0.0364. The van der Waals surface area contributed by atoms with E-state index in [4.69, 9.17) is 9.72 Å². The maximum atomic E-state index is 6.72. The normalized spacial score (nSPS) is 14.5. The second kappa shape index (κ2) is 17.6. The maximum Gasteiger partial charge on any atom is 0.268 e. The molecule has 0 unspecified atom stereocenters. The van der Waals surface area contributed by atoms with Crippen LogP contribution in [-0.4, -0.2) is 14.1 Å². The van der Waals surface area contributed by atoms with Crippen LogP contribution in [0.15, 0.2) is 225 Å². The van der Waals surface area contributed by atoms with E-state index in [1.54, 1.807) is 0 Å². The van der Waals surface area contributed by atoms with E-state index in [0.29, 0.717) is 11.5 Å². The quantitative estimate of drug-likeness (QED) is 0.127. The SMILES string of the molecule is CC(C)(C)c1ccnc(-n2c3[c-]c(Oc4[c-]c(-n5[c-][n+]6c7c(cccc75)-c5ccccc5-c5cc(-c7ccc8c(c7)C7c9ccccc9C8c8ccccc87)ccc5-c5ccccc5-6)ccc4)ccc3c3ccccc32)c1.[Pt]. The molecule has 13 aromatic rings. The molecule has 0 N–H and O–H groups in total. The van der Waals surface area contributed by atoms with Crippen molar-refractivity contribution in [2.24, 2.45) is 0 Å². The van der Waals surface area contributed by atoms with Crippen molar-refractivity contribution in [2.45, 2.75) is 38.0 Å². The van der Waals surface area contributed by atoms with Crippen molar-refractivity contribution in [3.05, 3.63) is 282 Å². The van der Waals surface area contributed by atoms with Gasteiger partial charge in [-0.05, 0) is 136 Å². The average molecular weight is 1180 g/mol. The molecule has 6 heteroatoms. The predicted molar refractivity (Wildman–Crippen MR) is 309 cm³/mol. The molecule has 374 valence electrons. The first-order valence-electron chi connectivity index (χ1n) is 26.6. The monoisotopic (exact) mass is 1180 g/mol. The second-order valence-electron chi connectivity index (χ2n) is 21.8. The Balaban J connectivity index is 0.00000529. The van der Waals surface area contributed by atoms with Gasteiger partial charge in [-0.2, -0.15) is 18.2 Å². The Morgan fingerprint density at radius 1 is 0.474 bits per heavy atom. The standard InChI is InChI=1S/C72H48N4O.Pt/c1-72(2,3)46-36-37-73-68(40-46)76-65-28-13-11-21-54(65)55-35-32-49(42-67(55)76)77-48-17-14-16-47(41-48)74-43-75-64-27-12-10-20-53(64)52-33-30-44(38-62(52)51-19-5-4-18-50(51)61-26-15-29-66(74)71(61)75)45-31-34-60-63(39-45)70-58-24-8-6-22-56(58)69(60)57-23-7-9-25-59(57)70;/h4-40,69-70H,1-3H3;/q-2;. The number of ether oxygens (including phenoxy) is 1. The number of hydrogen-bond acceptors (Lipinski definition) is 2. The molecule has 3 aromatic heterocycles. The maximum absolute atomic E-state index is 6.72. The number of imidazole rings is 1. The van der Waals surface area contributed by atoms with Crippen molar-refractivity contribution in [1.82, 2.24) is 14.1 Å². The summed E-state index contributed by atoms with van der Waals surface area (Å²) in [6.45, 7) is 6.69. The molecule has 17 rings (SSSR count). The molecular weight excluding hydrogens is 1130 g/mol. The first-order valence-corrected chi connectivity index (χ1v) is 26.6. The van der Waals surface area contributed by atoms with Crippen molar-refractivity contribution in [3.8, 4) is 73.2 Å². The van der Waals surface area contributed by atoms with Gasteiger partial charge >= 0.3 is 0 Å². The molecule has 4 heterocycles. The number of para-hydroxylation sites is 3. The minimum absolute atomic E-state index is 0. The van der Waals surface area contributed by atoms with E-state index in [1.165, 1.54) is 61.2 Å². The third-order valence-corrected chi connectivity index (χ3v) is 16.5. The van der Waals surface area contributed by atoms with Crippen LogP contribution in [-0.2, 0) is 26.5 Å². The summed E-state index contributed by atoms with van der Waals surface area (Å²) < 4.78 is 13.3. The number of benzene rings is 10. The predicted octanol–water partition coefficient (Wildman–Crippen LogP) is 16.9. The van der Waals surface area contributed by atoms with Crippen LogP contribution in [0.1, 0.15) is 71.6 Å². The summed E-state index contributed by atoms with van der Waals surface area (Å²) in [4.78, 5) is 4.88. The van der Waals surface area contributed by atoms with Crippen LogP contribution in [0.25, 0.3) is 94.5 Å². The van der Waals surface area contributed by atoms with Gasteiger partial charge in [0.1, 0.15) is 5.82 Å². The molecular formula is C72H48N4OPt-2. The smallest absolute Gasteiger partial charge is 0.268 e. The van der Waals surface area contributed by atoms with Crippen molar-refractivity contribution >= 4 is 32.8 Å². The molecule has 1 aliphatic heterocycles. The molecule has 2 bridgehead atoms. The number of aromatic nitrogens is 4. The zero-order chi connectivity index (χ0) is 51.1. The summed E-state index contributed by atoms with van der Waals surface area (Å²) in [5.41, 5.74) is 25.0. The second-order valence-corrected chi connectivity index (χ2v) is 21.8. The van der Waals surface area contributed by atoms with Gasteiger partial charge < -0.3 is 13.9 Å². The zero-order valence-corrected chi connectivity index (χ0v) is 45.3. The Morgan fingerprint density at radius 2 is 1.08 bits per heavy atom. The third kappa shape index (κ3) is 6.97. The van der Waals surface area contributed by atoms with Gasteiger partial charge in [-0.3, -0.25) is 4.57 Å². The molecule has 5 nitrogen and oxygen atoms in total. The van der Waals surface area contributed by atoms with E-state index in [1.807, 2.05) is 24.4 Å². The van der Waals surface area contributed by atoms with Gasteiger partial charge in [-0.1, -0.05) is 178 Å². The van der Waals surface area contributed by atoms with Gasteiger partial charge in [-0.25, -0.2) is 4.98 Å². The molecule has 0 fully saturated rings. The summed E-state index contributed by atoms with van der Waals surface area (Å²) in [6, 6.07) is 87.0. The fraction of sp³-hybridized carbons (Fsp3) is 0.0833. The van der Waals surface area contributed by atoms with Gasteiger partial charge in [0.05, 0.1) is 16.7 Å². The topological polar surface area (TPSA) is 35.9 Å². The van der Waals surface area contributed by atoms with Crippen molar-refractivity contribution in [3.63, 3.8) is 0 Å². The molecule has 0 amide bonds. The Hall–Kier alpha value is -8.89. The van der Waals surface area contributed by atoms with Gasteiger partial charge in [0, 0.05) is 56.1 Å². The molecule has 0 saturated carbocycles. The van der Waals surface area contributed by atoms with Crippen molar-refractivity contribution in [1.29, 1.82) is 0 Å². The van der Waals surface area contributed by atoms with Crippen LogP contribution in [0.5, 0.6) is 11.5 Å². The Labute approximate surface area is 467 Å². The largest absolute Gasteiger partial charge is 0.510 e. The summed E-state index contributed by atoms with van der Waals surface area (Å²) >= 11 is 0. The van der Waals surface area contributed by atoms with Crippen LogP contribution in [0.3, 0.4) is 0 Å². The fourth-order valence-corrected chi connectivity index (χ4v) is 13.0. The van der Waals surface area contributed by atoms with Crippen molar-refractivity contribution < 1.29 is 30.4 Å². The van der Waals surface area contributed by atoms with E-state index in [9.17, 15) is 0 Å². The molecule has 10 aromatic carbocycles. The molecule has 0 saturated heterocycles. The molecule has 0 atom stereocenters. The van der Waals surface area contributed by atoms with Gasteiger partial charge in [0.25, 0.3) is 6.33 Å². The van der Waals surface area contributed by atoms with Gasteiger partial charge in [0.15, 0.2) is 0 Å². The summed E-state index contributed by atoms with van der Waals surface area (Å²) in [7, 11) is 0. The Kier molecular flexibility index (Phi) is 10.5. The van der Waals surface area contributed by atoms with Crippen LogP contribution >= 0.6 is 0 Å². The minimum Gasteiger partial charge on any atom is -0.510 e. The summed E-state index contributed by atoms with van der Waals surface area (Å²) in [5, 5.41) is 2.22. The number of pyridine rings is 1. The average Bonchev–Trinajstić information content (AvgIpc) is 4.10. The fourth-order valence-electron chi connectivity index (χ4n) is 13.0. The number of fused-ring (bicyclic) bond motifs is 10. The van der Waals surface area contributed by atoms with E-state index in [0.717, 1.165) is 72.3 Å². The third-order valence-electron chi connectivity index (χ3n) is 16.5. The molecule has 0 radical (unpaired) electrons. The summed E-state index contributed by atoms with van der Waals surface area (Å²) in [6.07, 6.45) is 5.76. The van der Waals surface area contributed by atoms with E-state index in [-0.39, 0.29) is 38.3 Å². The van der Waals surface area contributed by atoms with Crippen molar-refractivity contribution in [2.75, 3.05) is 0 Å². The van der Waals surface area contributed by atoms with Crippen LogP contribution in [0, 0.1) is 18.5 Å². The number of nitrogens with zero attached hydrogens (tertiary/aromatic N) is 4.